The van der Waals surface area contributed by atoms with Crippen molar-refractivity contribution in [3.8, 4) is 0 Å². The molecule has 0 aliphatic heterocycles. The number of carboxylic acid groups (broad SMARTS) is 5. The van der Waals surface area contributed by atoms with Gasteiger partial charge in [0.25, 0.3) is 0 Å². The van der Waals surface area contributed by atoms with E-state index < -0.39 is 61.1 Å². The van der Waals surface area contributed by atoms with E-state index in [0.717, 1.165) is 64.2 Å². The van der Waals surface area contributed by atoms with Crippen LogP contribution in [0.2, 0.25) is 0 Å². The first kappa shape index (κ1) is 42.3. The highest BCUT2D eigenvalue weighted by atomic mass is 16.5. The monoisotopic (exact) mass is 701 g/mol. The number of rotatable bonds is 27. The van der Waals surface area contributed by atoms with E-state index in [4.69, 9.17) is 9.47 Å². The van der Waals surface area contributed by atoms with E-state index in [1.54, 1.807) is 4.90 Å². The lowest BCUT2D eigenvalue weighted by molar-refractivity contribution is -0.150. The highest BCUT2D eigenvalue weighted by Gasteiger charge is 2.33. The zero-order valence-electron chi connectivity index (χ0n) is 29.1. The first-order chi connectivity index (χ1) is 23.4. The molecule has 0 heterocycles. The number of carboxylic acids is 5. The molecule has 2 saturated carbocycles. The molecule has 15 heteroatoms. The smallest absolute Gasteiger partial charge is 0.323 e. The molecule has 49 heavy (non-hydrogen) atoms. The van der Waals surface area contributed by atoms with Gasteiger partial charge in [0.15, 0.2) is 0 Å². The van der Waals surface area contributed by atoms with Crippen molar-refractivity contribution in [3.63, 3.8) is 0 Å². The van der Waals surface area contributed by atoms with Crippen molar-refractivity contribution >= 4 is 29.8 Å². The second-order valence-electron chi connectivity index (χ2n) is 13.6. The molecule has 5 N–H and O–H groups in total. The summed E-state index contributed by atoms with van der Waals surface area (Å²) in [4.78, 5) is 64.8. The predicted octanol–water partition coefficient (Wildman–Crippen LogP) is 2.81. The largest absolute Gasteiger partial charge is 0.480 e. The van der Waals surface area contributed by atoms with E-state index in [1.807, 2.05) is 6.92 Å². The molecule has 0 amide bonds. The van der Waals surface area contributed by atoms with Gasteiger partial charge in [-0.2, -0.15) is 0 Å². The van der Waals surface area contributed by atoms with Crippen LogP contribution in [-0.4, -0.2) is 154 Å². The highest BCUT2D eigenvalue weighted by Crippen LogP contribution is 2.25. The zero-order valence-corrected chi connectivity index (χ0v) is 29.1. The number of hydrogen-bond donors (Lipinski definition) is 5. The molecule has 282 valence electrons. The lowest BCUT2D eigenvalue weighted by atomic mass is 9.90. The van der Waals surface area contributed by atoms with Gasteiger partial charge in [0, 0.05) is 39.4 Å². The Hall–Kier alpha value is -2.85. The fourth-order valence-corrected chi connectivity index (χ4v) is 6.90. The Morgan fingerprint density at radius 1 is 0.571 bits per heavy atom. The number of ether oxygens (including phenoxy) is 2. The standard InChI is InChI=1S/C34H59N3O12/c1-2-3-14-27(32(42)43)35(15-17-36(19-30(38)39)28(33(44)45)23-48-21-25-10-6-4-7-11-25)16-18-37(20-31(40)41)29(34(46)47)24-49-22-26-12-8-5-9-13-26/h25-29H,2-24H2,1H3,(H,38,39)(H,40,41)(H,42,43)(H,44,45)(H,46,47)/t27-,28-,29-/m0/s1. The Kier molecular flexibility index (Phi) is 20.3. The van der Waals surface area contributed by atoms with Crippen LogP contribution in [0.1, 0.15) is 90.4 Å². The van der Waals surface area contributed by atoms with Crippen molar-refractivity contribution in [2.75, 3.05) is 65.7 Å². The van der Waals surface area contributed by atoms with Gasteiger partial charge in [-0.3, -0.25) is 38.7 Å². The number of nitrogens with zero attached hydrogens (tertiary/aromatic N) is 3. The van der Waals surface area contributed by atoms with Crippen molar-refractivity contribution in [3.05, 3.63) is 0 Å². The minimum Gasteiger partial charge on any atom is -0.480 e. The van der Waals surface area contributed by atoms with Crippen molar-refractivity contribution in [2.45, 2.75) is 109 Å². The number of hydrogen-bond acceptors (Lipinski definition) is 10. The zero-order chi connectivity index (χ0) is 36.2. The van der Waals surface area contributed by atoms with Gasteiger partial charge in [-0.15, -0.1) is 0 Å². The summed E-state index contributed by atoms with van der Waals surface area (Å²) in [6.45, 7) is 0.595. The van der Waals surface area contributed by atoms with Crippen LogP contribution >= 0.6 is 0 Å². The molecule has 0 aromatic heterocycles. The SMILES string of the molecule is CCCC[C@@H](C(=O)O)N(CCN(CC(=O)O)[C@@H](COCC1CCCCC1)C(=O)O)CCN(CC(=O)O)[C@@H](COCC1CCCCC1)C(=O)O. The van der Waals surface area contributed by atoms with Crippen LogP contribution in [0.25, 0.3) is 0 Å². The average Bonchev–Trinajstić information content (AvgIpc) is 3.05. The molecule has 0 saturated heterocycles. The Bertz CT molecular complexity index is 952. The first-order valence-corrected chi connectivity index (χ1v) is 17.9. The van der Waals surface area contributed by atoms with Gasteiger partial charge in [0.2, 0.25) is 0 Å². The van der Waals surface area contributed by atoms with Crippen molar-refractivity contribution in [1.29, 1.82) is 0 Å². The molecule has 2 fully saturated rings. The minimum atomic E-state index is -1.29. The van der Waals surface area contributed by atoms with E-state index in [0.29, 0.717) is 37.9 Å². The third-order valence-electron chi connectivity index (χ3n) is 9.74. The summed E-state index contributed by atoms with van der Waals surface area (Å²) >= 11 is 0. The van der Waals surface area contributed by atoms with E-state index in [-0.39, 0.29) is 45.8 Å². The topological polar surface area (TPSA) is 215 Å². The van der Waals surface area contributed by atoms with E-state index in [2.05, 4.69) is 0 Å². The first-order valence-electron chi connectivity index (χ1n) is 17.9. The maximum absolute atomic E-state index is 12.5. The molecule has 0 spiro atoms. The Morgan fingerprint density at radius 2 is 0.939 bits per heavy atom. The number of unbranched alkanes of at least 4 members (excludes halogenated alkanes) is 1. The third-order valence-corrected chi connectivity index (χ3v) is 9.74. The van der Waals surface area contributed by atoms with Crippen LogP contribution in [-0.2, 0) is 33.4 Å². The summed E-state index contributed by atoms with van der Waals surface area (Å²) in [5, 5.41) is 49.5. The van der Waals surface area contributed by atoms with E-state index in [1.165, 1.54) is 9.80 Å². The van der Waals surface area contributed by atoms with E-state index >= 15 is 0 Å². The van der Waals surface area contributed by atoms with Crippen molar-refractivity contribution in [1.82, 2.24) is 14.7 Å². The second-order valence-corrected chi connectivity index (χ2v) is 13.6. The molecule has 2 aliphatic carbocycles. The van der Waals surface area contributed by atoms with Crippen LogP contribution in [0.5, 0.6) is 0 Å². The van der Waals surface area contributed by atoms with Gasteiger partial charge in [-0.25, -0.2) is 0 Å². The molecule has 3 atom stereocenters. The lowest BCUT2D eigenvalue weighted by Gasteiger charge is -2.35. The number of aliphatic carboxylic acids is 5. The fourth-order valence-electron chi connectivity index (χ4n) is 6.90. The lowest BCUT2D eigenvalue weighted by Crippen LogP contribution is -2.54. The van der Waals surface area contributed by atoms with Crippen molar-refractivity contribution in [2.24, 2.45) is 11.8 Å². The predicted molar refractivity (Wildman–Crippen MR) is 179 cm³/mol. The summed E-state index contributed by atoms with van der Waals surface area (Å²) in [6, 6.07) is -3.63. The molecule has 0 unspecified atom stereocenters. The molecule has 0 bridgehead atoms. The summed E-state index contributed by atoms with van der Waals surface area (Å²) in [5.74, 6) is -5.53. The Labute approximate surface area is 289 Å². The van der Waals surface area contributed by atoms with Crippen LogP contribution in [0.4, 0.5) is 0 Å². The van der Waals surface area contributed by atoms with E-state index in [9.17, 15) is 49.5 Å². The average molecular weight is 702 g/mol. The van der Waals surface area contributed by atoms with Crippen LogP contribution in [0, 0.1) is 11.8 Å². The van der Waals surface area contributed by atoms with Gasteiger partial charge in [-0.05, 0) is 43.9 Å². The fraction of sp³-hybridized carbons (Fsp3) is 0.853. The summed E-state index contributed by atoms with van der Waals surface area (Å²) in [5.41, 5.74) is 0. The normalized spacial score (nSPS) is 18.0. The summed E-state index contributed by atoms with van der Waals surface area (Å²) < 4.78 is 11.6. The molecule has 0 aromatic carbocycles. The second kappa shape index (κ2) is 23.5. The Morgan fingerprint density at radius 3 is 1.27 bits per heavy atom. The van der Waals surface area contributed by atoms with Gasteiger partial charge in [0.1, 0.15) is 18.1 Å². The number of carbonyl (C=O) groups is 5. The molecule has 0 aromatic rings. The summed E-state index contributed by atoms with van der Waals surface area (Å²) in [7, 11) is 0. The quantitative estimate of drug-likeness (QED) is 0.0833. The van der Waals surface area contributed by atoms with Gasteiger partial charge in [-0.1, -0.05) is 58.3 Å². The molecular formula is C34H59N3O12. The maximum Gasteiger partial charge on any atom is 0.323 e. The van der Waals surface area contributed by atoms with Crippen molar-refractivity contribution < 1.29 is 59.0 Å². The van der Waals surface area contributed by atoms with Crippen LogP contribution in [0.15, 0.2) is 0 Å². The minimum absolute atomic E-state index is 0.0583. The van der Waals surface area contributed by atoms with Gasteiger partial charge >= 0.3 is 29.8 Å². The summed E-state index contributed by atoms with van der Waals surface area (Å²) in [6.07, 6.45) is 12.1. The molecule has 0 radical (unpaired) electrons. The highest BCUT2D eigenvalue weighted by molar-refractivity contribution is 5.76. The molecule has 2 rings (SSSR count). The Balaban J connectivity index is 2.21. The molecular weight excluding hydrogens is 642 g/mol. The third kappa shape index (κ3) is 16.6. The maximum atomic E-state index is 12.5. The molecule has 15 nitrogen and oxygen atoms in total. The molecule has 2 aliphatic rings. The van der Waals surface area contributed by atoms with Crippen LogP contribution < -0.4 is 0 Å². The van der Waals surface area contributed by atoms with Crippen LogP contribution in [0.3, 0.4) is 0 Å². The van der Waals surface area contributed by atoms with Gasteiger partial charge < -0.3 is 35.0 Å². The van der Waals surface area contributed by atoms with Gasteiger partial charge in [0.05, 0.1) is 26.3 Å².